The first kappa shape index (κ1) is 12.3. The van der Waals surface area contributed by atoms with Gasteiger partial charge in [0, 0.05) is 39.3 Å². The normalized spacial score (nSPS) is 25.8. The molecule has 2 amide bonds. The van der Waals surface area contributed by atoms with Gasteiger partial charge in [-0.25, -0.2) is 0 Å². The molecule has 0 bridgehead atoms. The number of piperazine rings is 1. The van der Waals surface area contributed by atoms with Gasteiger partial charge in [-0.05, 0) is 0 Å². The predicted molar refractivity (Wildman–Crippen MR) is 61.4 cm³/mol. The van der Waals surface area contributed by atoms with E-state index < -0.39 is 0 Å². The maximum Gasteiger partial charge on any atom is 0.225 e. The van der Waals surface area contributed by atoms with Crippen molar-refractivity contribution >= 4 is 12.3 Å². The summed E-state index contributed by atoms with van der Waals surface area (Å²) in [6.07, 6.45) is 1.28. The Bertz CT molecular complexity index is 271. The van der Waals surface area contributed by atoms with E-state index in [-0.39, 0.29) is 12.0 Å². The molecule has 0 aromatic rings. The fourth-order valence-electron chi connectivity index (χ4n) is 2.15. The zero-order chi connectivity index (χ0) is 12.1. The fourth-order valence-corrected chi connectivity index (χ4v) is 2.15. The number of carbonyl (C=O) groups excluding carboxylic acids is 2. The van der Waals surface area contributed by atoms with Gasteiger partial charge in [0.25, 0.3) is 0 Å². The van der Waals surface area contributed by atoms with Crippen LogP contribution in [-0.2, 0) is 14.3 Å². The van der Waals surface area contributed by atoms with Crippen molar-refractivity contribution in [3.05, 3.63) is 0 Å². The minimum Gasteiger partial charge on any atom is -0.375 e. The molecule has 0 spiro atoms. The highest BCUT2D eigenvalue weighted by atomic mass is 16.5. The molecule has 2 rings (SSSR count). The van der Waals surface area contributed by atoms with Crippen molar-refractivity contribution in [2.45, 2.75) is 12.5 Å². The lowest BCUT2D eigenvalue weighted by molar-refractivity contribution is -0.138. The number of rotatable bonds is 3. The molecule has 0 aromatic heterocycles. The maximum atomic E-state index is 12.0. The SMILES string of the molecule is O=CN1CCN(C(=O)CC2CNCCO2)CC1. The molecule has 0 saturated carbocycles. The average Bonchev–Trinajstić information content (AvgIpc) is 2.40. The Morgan fingerprint density at radius 2 is 2.12 bits per heavy atom. The Balaban J connectivity index is 1.74. The predicted octanol–water partition coefficient (Wildman–Crippen LogP) is -1.33. The Morgan fingerprint density at radius 1 is 1.35 bits per heavy atom. The Morgan fingerprint density at radius 3 is 2.71 bits per heavy atom. The summed E-state index contributed by atoms with van der Waals surface area (Å²) in [6.45, 7) is 4.84. The summed E-state index contributed by atoms with van der Waals surface area (Å²) in [5, 5.41) is 3.21. The molecule has 6 heteroatoms. The minimum atomic E-state index is 0.000325. The van der Waals surface area contributed by atoms with Crippen LogP contribution >= 0.6 is 0 Å². The topological polar surface area (TPSA) is 61.9 Å². The smallest absolute Gasteiger partial charge is 0.225 e. The molecular formula is C11H19N3O3. The van der Waals surface area contributed by atoms with Crippen LogP contribution in [0, 0.1) is 0 Å². The van der Waals surface area contributed by atoms with Crippen LogP contribution in [-0.4, -0.2) is 74.1 Å². The fraction of sp³-hybridized carbons (Fsp3) is 0.818. The van der Waals surface area contributed by atoms with Crippen molar-refractivity contribution < 1.29 is 14.3 Å². The van der Waals surface area contributed by atoms with Gasteiger partial charge in [0.1, 0.15) is 0 Å². The Hall–Kier alpha value is -1.14. The van der Waals surface area contributed by atoms with Crippen LogP contribution in [0.4, 0.5) is 0 Å². The number of hydrogen-bond acceptors (Lipinski definition) is 4. The van der Waals surface area contributed by atoms with Crippen molar-refractivity contribution in [3.8, 4) is 0 Å². The summed E-state index contributed by atoms with van der Waals surface area (Å²) in [5.74, 6) is 0.129. The van der Waals surface area contributed by atoms with Crippen molar-refractivity contribution in [2.24, 2.45) is 0 Å². The minimum absolute atomic E-state index is 0.000325. The van der Waals surface area contributed by atoms with E-state index in [1.54, 1.807) is 4.90 Å². The molecule has 17 heavy (non-hydrogen) atoms. The van der Waals surface area contributed by atoms with E-state index in [1.807, 2.05) is 4.90 Å². The van der Waals surface area contributed by atoms with Gasteiger partial charge in [-0.15, -0.1) is 0 Å². The van der Waals surface area contributed by atoms with E-state index in [1.165, 1.54) is 0 Å². The van der Waals surface area contributed by atoms with Crippen LogP contribution < -0.4 is 5.32 Å². The highest BCUT2D eigenvalue weighted by molar-refractivity contribution is 5.77. The van der Waals surface area contributed by atoms with Gasteiger partial charge in [0.05, 0.1) is 19.1 Å². The third-order valence-electron chi connectivity index (χ3n) is 3.22. The van der Waals surface area contributed by atoms with Crippen LogP contribution in [0.5, 0.6) is 0 Å². The van der Waals surface area contributed by atoms with Gasteiger partial charge in [-0.1, -0.05) is 0 Å². The first-order chi connectivity index (χ1) is 8.29. The quantitative estimate of drug-likeness (QED) is 0.622. The van der Waals surface area contributed by atoms with Gasteiger partial charge in [-0.2, -0.15) is 0 Å². The third kappa shape index (κ3) is 3.41. The largest absolute Gasteiger partial charge is 0.375 e. The molecule has 2 fully saturated rings. The molecule has 2 aliphatic rings. The monoisotopic (exact) mass is 241 g/mol. The summed E-state index contributed by atoms with van der Waals surface area (Å²) in [5.41, 5.74) is 0. The molecule has 2 aliphatic heterocycles. The Labute approximate surface area is 101 Å². The van der Waals surface area contributed by atoms with E-state index in [0.717, 1.165) is 19.5 Å². The van der Waals surface area contributed by atoms with Crippen LogP contribution in [0.2, 0.25) is 0 Å². The highest BCUT2D eigenvalue weighted by Gasteiger charge is 2.24. The summed E-state index contributed by atoms with van der Waals surface area (Å²) >= 11 is 0. The molecule has 2 saturated heterocycles. The number of carbonyl (C=O) groups is 2. The molecule has 1 unspecified atom stereocenters. The molecule has 1 atom stereocenters. The van der Waals surface area contributed by atoms with Crippen molar-refractivity contribution in [1.82, 2.24) is 15.1 Å². The first-order valence-corrected chi connectivity index (χ1v) is 6.09. The highest BCUT2D eigenvalue weighted by Crippen LogP contribution is 2.07. The van der Waals surface area contributed by atoms with E-state index >= 15 is 0 Å². The summed E-state index contributed by atoms with van der Waals surface area (Å²) in [6, 6.07) is 0. The maximum absolute atomic E-state index is 12.0. The number of nitrogens with one attached hydrogen (secondary N) is 1. The first-order valence-electron chi connectivity index (χ1n) is 6.09. The molecule has 6 nitrogen and oxygen atoms in total. The zero-order valence-electron chi connectivity index (χ0n) is 9.93. The molecule has 0 aliphatic carbocycles. The van der Waals surface area contributed by atoms with Crippen LogP contribution in [0.3, 0.4) is 0 Å². The van der Waals surface area contributed by atoms with Gasteiger partial charge >= 0.3 is 0 Å². The van der Waals surface area contributed by atoms with Crippen molar-refractivity contribution in [1.29, 1.82) is 0 Å². The second-order valence-electron chi connectivity index (χ2n) is 4.42. The number of ether oxygens (including phenoxy) is 1. The van der Waals surface area contributed by atoms with E-state index in [4.69, 9.17) is 4.74 Å². The zero-order valence-corrected chi connectivity index (χ0v) is 9.93. The third-order valence-corrected chi connectivity index (χ3v) is 3.22. The van der Waals surface area contributed by atoms with Crippen LogP contribution in [0.15, 0.2) is 0 Å². The number of nitrogens with zero attached hydrogens (tertiary/aromatic N) is 2. The van der Waals surface area contributed by atoms with E-state index in [9.17, 15) is 9.59 Å². The lowest BCUT2D eigenvalue weighted by atomic mass is 10.2. The van der Waals surface area contributed by atoms with Crippen LogP contribution in [0.25, 0.3) is 0 Å². The second kappa shape index (κ2) is 5.97. The second-order valence-corrected chi connectivity index (χ2v) is 4.42. The molecule has 0 radical (unpaired) electrons. The van der Waals surface area contributed by atoms with Crippen molar-refractivity contribution in [3.63, 3.8) is 0 Å². The molecule has 0 aromatic carbocycles. The number of morpholine rings is 1. The lowest BCUT2D eigenvalue weighted by Crippen LogP contribution is -2.50. The van der Waals surface area contributed by atoms with E-state index in [2.05, 4.69) is 5.32 Å². The number of hydrogen-bond donors (Lipinski definition) is 1. The summed E-state index contributed by atoms with van der Waals surface area (Å²) < 4.78 is 5.51. The summed E-state index contributed by atoms with van der Waals surface area (Å²) in [7, 11) is 0. The standard InChI is InChI=1S/C11H19N3O3/c15-9-13-2-4-14(5-3-13)11(16)7-10-8-12-1-6-17-10/h9-10,12H,1-8H2. The lowest BCUT2D eigenvalue weighted by Gasteiger charge is -2.34. The molecular weight excluding hydrogens is 222 g/mol. The van der Waals surface area contributed by atoms with Gasteiger partial charge in [0.15, 0.2) is 0 Å². The van der Waals surface area contributed by atoms with Gasteiger partial charge in [0.2, 0.25) is 12.3 Å². The average molecular weight is 241 g/mol. The van der Waals surface area contributed by atoms with Crippen molar-refractivity contribution in [2.75, 3.05) is 45.9 Å². The van der Waals surface area contributed by atoms with Crippen LogP contribution in [0.1, 0.15) is 6.42 Å². The van der Waals surface area contributed by atoms with Gasteiger partial charge in [-0.3, -0.25) is 9.59 Å². The number of amides is 2. The molecule has 96 valence electrons. The molecule has 1 N–H and O–H groups in total. The molecule has 2 heterocycles. The van der Waals surface area contributed by atoms with E-state index in [0.29, 0.717) is 39.2 Å². The Kier molecular flexibility index (Phi) is 4.33. The summed E-state index contributed by atoms with van der Waals surface area (Å²) in [4.78, 5) is 26.0. The van der Waals surface area contributed by atoms with Gasteiger partial charge < -0.3 is 19.9 Å².